The molecule has 0 aliphatic carbocycles. The van der Waals surface area contributed by atoms with Crippen molar-refractivity contribution in [2.45, 2.75) is 31.7 Å². The largest absolute Gasteiger partial charge is 0.338 e. The van der Waals surface area contributed by atoms with Crippen LogP contribution >= 0.6 is 0 Å². The van der Waals surface area contributed by atoms with Crippen LogP contribution in [-0.2, 0) is 4.79 Å². The van der Waals surface area contributed by atoms with Gasteiger partial charge in [-0.05, 0) is 18.2 Å². The number of nitrogens with one attached hydrogen (secondary N) is 3. The van der Waals surface area contributed by atoms with Gasteiger partial charge in [0.05, 0.1) is 25.7 Å². The van der Waals surface area contributed by atoms with Crippen molar-refractivity contribution in [2.24, 2.45) is 0 Å². The van der Waals surface area contributed by atoms with Gasteiger partial charge in [-0.1, -0.05) is 6.07 Å². The monoisotopic (exact) mass is 349 g/mol. The fraction of sp³-hybridized carbons (Fsp3) is 0.556. The number of carbonyl (C=O) groups is 2. The summed E-state index contributed by atoms with van der Waals surface area (Å²) in [5.41, 5.74) is 0.531. The summed E-state index contributed by atoms with van der Waals surface area (Å²) in [6, 6.07) is 5.46. The number of amides is 3. The van der Waals surface area contributed by atoms with Crippen LogP contribution in [0.2, 0.25) is 0 Å². The molecule has 0 aromatic heterocycles. The van der Waals surface area contributed by atoms with Crippen molar-refractivity contribution < 1.29 is 18.9 Å². The Morgan fingerprint density at radius 2 is 2.12 bits per heavy atom. The van der Waals surface area contributed by atoms with Crippen molar-refractivity contribution in [3.05, 3.63) is 30.1 Å². The molecule has 0 unspecified atom stereocenters. The topological polar surface area (TPSA) is 65.9 Å². The Bertz CT molecular complexity index is 619. The van der Waals surface area contributed by atoms with Crippen LogP contribution < -0.4 is 20.4 Å². The number of halogens is 1. The number of anilines is 1. The summed E-state index contributed by atoms with van der Waals surface area (Å²) in [6.07, 6.45) is 3.81. The Hall–Kier alpha value is -2.15. The van der Waals surface area contributed by atoms with Gasteiger partial charge in [0, 0.05) is 44.5 Å². The first-order valence-corrected chi connectivity index (χ1v) is 9.05. The highest BCUT2D eigenvalue weighted by Gasteiger charge is 2.31. The number of hydrogen-bond donors (Lipinski definition) is 3. The van der Waals surface area contributed by atoms with Crippen molar-refractivity contribution in [1.82, 2.24) is 10.6 Å². The summed E-state index contributed by atoms with van der Waals surface area (Å²) in [6.45, 7) is 4.59. The number of urea groups is 1. The second-order valence-electron chi connectivity index (χ2n) is 6.85. The van der Waals surface area contributed by atoms with Crippen molar-refractivity contribution in [2.75, 3.05) is 37.6 Å². The third kappa shape index (κ3) is 4.92. The normalized spacial score (nSPS) is 20.9. The Balaban J connectivity index is 1.39. The van der Waals surface area contributed by atoms with Gasteiger partial charge in [0.25, 0.3) is 0 Å². The van der Waals surface area contributed by atoms with Gasteiger partial charge in [-0.3, -0.25) is 4.79 Å². The molecule has 6 nitrogen and oxygen atoms in total. The van der Waals surface area contributed by atoms with Crippen molar-refractivity contribution in [3.8, 4) is 0 Å². The number of benzene rings is 1. The molecule has 3 rings (SSSR count). The lowest BCUT2D eigenvalue weighted by molar-refractivity contribution is -0.887. The molecule has 0 radical (unpaired) electrons. The average molecular weight is 349 g/mol. The number of carbonyl (C=O) groups excluding carboxylic acids is 2. The average Bonchev–Trinajstić information content (AvgIpc) is 3.21. The first kappa shape index (κ1) is 17.7. The molecule has 1 aromatic rings. The van der Waals surface area contributed by atoms with Gasteiger partial charge in [0.2, 0.25) is 5.91 Å². The zero-order chi connectivity index (χ0) is 17.6. The Kier molecular flexibility index (Phi) is 5.86. The third-order valence-corrected chi connectivity index (χ3v) is 4.88. The summed E-state index contributed by atoms with van der Waals surface area (Å²) in [5, 5.41) is 5.70. The second-order valence-corrected chi connectivity index (χ2v) is 6.85. The maximum Gasteiger partial charge on any atom is 0.315 e. The number of nitrogens with zero attached hydrogens (tertiary/aromatic N) is 1. The van der Waals surface area contributed by atoms with Crippen molar-refractivity contribution in [3.63, 3.8) is 0 Å². The minimum absolute atomic E-state index is 0.103. The van der Waals surface area contributed by atoms with E-state index in [2.05, 4.69) is 10.6 Å². The van der Waals surface area contributed by atoms with E-state index in [9.17, 15) is 14.0 Å². The zero-order valence-electron chi connectivity index (χ0n) is 14.4. The first-order chi connectivity index (χ1) is 12.1. The Morgan fingerprint density at radius 1 is 1.32 bits per heavy atom. The number of hydrogen-bond acceptors (Lipinski definition) is 2. The van der Waals surface area contributed by atoms with Gasteiger partial charge in [0.1, 0.15) is 5.82 Å². The fourth-order valence-electron chi connectivity index (χ4n) is 3.60. The van der Waals surface area contributed by atoms with Crippen LogP contribution in [0.1, 0.15) is 25.7 Å². The number of quaternary nitrogens is 1. The van der Waals surface area contributed by atoms with Crippen LogP contribution in [0.4, 0.5) is 14.9 Å². The lowest BCUT2D eigenvalue weighted by Gasteiger charge is -2.17. The molecule has 25 heavy (non-hydrogen) atoms. The minimum atomic E-state index is -0.375. The van der Waals surface area contributed by atoms with Gasteiger partial charge < -0.3 is 20.4 Å². The maximum absolute atomic E-state index is 13.3. The van der Waals surface area contributed by atoms with Crippen LogP contribution in [0.15, 0.2) is 24.3 Å². The molecule has 2 aliphatic heterocycles. The highest BCUT2D eigenvalue weighted by molar-refractivity contribution is 5.96. The Labute approximate surface area is 147 Å². The minimum Gasteiger partial charge on any atom is -0.338 e. The SMILES string of the molecule is O=C(NCCC[NH+]1CCCC1)N[C@@H]1CC(=O)N(c2cccc(F)c2)C1. The van der Waals surface area contributed by atoms with Crippen molar-refractivity contribution in [1.29, 1.82) is 0 Å². The summed E-state index contributed by atoms with van der Waals surface area (Å²) in [7, 11) is 0. The molecule has 0 spiro atoms. The lowest BCUT2D eigenvalue weighted by atomic mass is 10.2. The highest BCUT2D eigenvalue weighted by atomic mass is 19.1. The molecule has 2 aliphatic rings. The molecular weight excluding hydrogens is 323 g/mol. The summed E-state index contributed by atoms with van der Waals surface area (Å²) in [5.74, 6) is -0.479. The molecule has 136 valence electrons. The zero-order valence-corrected chi connectivity index (χ0v) is 14.4. The Morgan fingerprint density at radius 3 is 2.88 bits per heavy atom. The van der Waals surface area contributed by atoms with Crippen LogP contribution in [0.3, 0.4) is 0 Å². The maximum atomic E-state index is 13.3. The molecule has 1 aromatic carbocycles. The number of rotatable bonds is 6. The third-order valence-electron chi connectivity index (χ3n) is 4.88. The van der Waals surface area contributed by atoms with Gasteiger partial charge in [-0.15, -0.1) is 0 Å². The summed E-state index contributed by atoms with van der Waals surface area (Å²) in [4.78, 5) is 27.2. The quantitative estimate of drug-likeness (QED) is 0.647. The van der Waals surface area contributed by atoms with Crippen LogP contribution in [-0.4, -0.2) is 50.7 Å². The molecule has 3 N–H and O–H groups in total. The van der Waals surface area contributed by atoms with E-state index in [1.54, 1.807) is 17.0 Å². The summed E-state index contributed by atoms with van der Waals surface area (Å²) >= 11 is 0. The van der Waals surface area contributed by atoms with Crippen molar-refractivity contribution >= 4 is 17.6 Å². The van der Waals surface area contributed by atoms with Gasteiger partial charge in [-0.2, -0.15) is 0 Å². The highest BCUT2D eigenvalue weighted by Crippen LogP contribution is 2.22. The standard InChI is InChI=1S/C18H25FN4O2/c19-14-5-3-6-16(11-14)23-13-15(12-17(23)24)21-18(25)20-7-4-10-22-8-1-2-9-22/h3,5-6,11,15H,1-2,4,7-10,12-13H2,(H2,20,21,25)/p+1/t15-/m1/s1. The van der Waals surface area contributed by atoms with E-state index < -0.39 is 0 Å². The van der Waals surface area contributed by atoms with E-state index in [0.717, 1.165) is 13.0 Å². The molecule has 1 atom stereocenters. The van der Waals surface area contributed by atoms with E-state index in [-0.39, 0.29) is 30.2 Å². The molecule has 2 heterocycles. The first-order valence-electron chi connectivity index (χ1n) is 9.05. The van der Waals surface area contributed by atoms with Gasteiger partial charge in [0.15, 0.2) is 0 Å². The summed E-state index contributed by atoms with van der Waals surface area (Å²) < 4.78 is 13.3. The number of likely N-dealkylation sites (tertiary alicyclic amines) is 1. The van der Waals surface area contributed by atoms with Gasteiger partial charge in [-0.25, -0.2) is 9.18 Å². The molecule has 3 amide bonds. The van der Waals surface area contributed by atoms with E-state index in [0.29, 0.717) is 18.8 Å². The van der Waals surface area contributed by atoms with E-state index >= 15 is 0 Å². The van der Waals surface area contributed by atoms with Crippen LogP contribution in [0, 0.1) is 5.82 Å². The predicted molar refractivity (Wildman–Crippen MR) is 93.1 cm³/mol. The van der Waals surface area contributed by atoms with E-state index in [4.69, 9.17) is 0 Å². The molecule has 0 saturated carbocycles. The molecular formula is C18H26FN4O2+. The fourth-order valence-corrected chi connectivity index (χ4v) is 3.60. The molecule has 0 bridgehead atoms. The molecule has 7 heteroatoms. The van der Waals surface area contributed by atoms with E-state index in [1.807, 2.05) is 0 Å². The predicted octanol–water partition coefficient (Wildman–Crippen LogP) is 0.299. The second kappa shape index (κ2) is 8.29. The molecule has 2 fully saturated rings. The molecule has 2 saturated heterocycles. The van der Waals surface area contributed by atoms with E-state index in [1.165, 1.54) is 43.0 Å². The van der Waals surface area contributed by atoms with Crippen LogP contribution in [0.5, 0.6) is 0 Å². The smallest absolute Gasteiger partial charge is 0.315 e. The van der Waals surface area contributed by atoms with Gasteiger partial charge >= 0.3 is 6.03 Å². The lowest BCUT2D eigenvalue weighted by Crippen LogP contribution is -3.10. The van der Waals surface area contributed by atoms with Crippen LogP contribution in [0.25, 0.3) is 0 Å².